The largest absolute Gasteiger partial charge is 0.383 e. The van der Waals surface area contributed by atoms with Crippen LogP contribution in [0.1, 0.15) is 36.9 Å². The van der Waals surface area contributed by atoms with Gasteiger partial charge in [0.05, 0.1) is 17.1 Å². The fourth-order valence-corrected chi connectivity index (χ4v) is 5.12. The number of aromatic nitrogens is 1. The highest BCUT2D eigenvalue weighted by molar-refractivity contribution is 6.11. The molecule has 186 valence electrons. The molecule has 0 bridgehead atoms. The highest BCUT2D eigenvalue weighted by atomic mass is 15.0. The molecule has 0 spiro atoms. The Balaban J connectivity index is 1.36. The lowest BCUT2D eigenvalue weighted by atomic mass is 10.0. The maximum absolute atomic E-state index is 6.43. The van der Waals surface area contributed by atoms with Crippen LogP contribution in [0.4, 0.5) is 0 Å². The Morgan fingerprint density at radius 3 is 2.05 bits per heavy atom. The van der Waals surface area contributed by atoms with Crippen molar-refractivity contribution in [1.29, 1.82) is 0 Å². The number of fused-ring (bicyclic) bond motifs is 3. The zero-order valence-corrected chi connectivity index (χ0v) is 21.5. The number of hydrogen-bond donors (Lipinski definition) is 1. The molecule has 5 aromatic rings. The van der Waals surface area contributed by atoms with E-state index >= 15 is 0 Å². The maximum Gasteiger partial charge on any atom is 0.157 e. The molecule has 0 radical (unpaired) electrons. The topological polar surface area (TPSA) is 55.7 Å². The van der Waals surface area contributed by atoms with Gasteiger partial charge in [-0.05, 0) is 55.2 Å². The molecule has 0 saturated carbocycles. The predicted octanol–water partition coefficient (Wildman–Crippen LogP) is 7.93. The zero-order chi connectivity index (χ0) is 25.9. The number of rotatable bonds is 5. The van der Waals surface area contributed by atoms with Crippen LogP contribution < -0.4 is 5.73 Å². The molecule has 1 aliphatic carbocycles. The first-order valence-electron chi connectivity index (χ1n) is 13.1. The summed E-state index contributed by atoms with van der Waals surface area (Å²) in [6.45, 7) is 2.10. The van der Waals surface area contributed by atoms with Crippen LogP contribution in [0.25, 0.3) is 27.5 Å². The van der Waals surface area contributed by atoms with Gasteiger partial charge in [-0.25, -0.2) is 4.99 Å². The van der Waals surface area contributed by atoms with Crippen molar-refractivity contribution in [2.24, 2.45) is 15.7 Å². The van der Waals surface area contributed by atoms with E-state index in [2.05, 4.69) is 90.4 Å². The summed E-state index contributed by atoms with van der Waals surface area (Å²) in [6.07, 6.45) is 8.11. The van der Waals surface area contributed by atoms with E-state index in [0.29, 0.717) is 11.7 Å². The Morgan fingerprint density at radius 1 is 0.789 bits per heavy atom. The van der Waals surface area contributed by atoms with Crippen molar-refractivity contribution in [3.63, 3.8) is 0 Å². The first kappa shape index (κ1) is 23.7. The number of nitrogens with zero attached hydrogens (tertiary/aromatic N) is 3. The van der Waals surface area contributed by atoms with Crippen LogP contribution in [0, 0.1) is 0 Å². The third kappa shape index (κ3) is 4.57. The smallest absolute Gasteiger partial charge is 0.157 e. The minimum absolute atomic E-state index is 0.0887. The van der Waals surface area contributed by atoms with Gasteiger partial charge < -0.3 is 10.3 Å². The average molecular weight is 495 g/mol. The minimum atomic E-state index is -0.0887. The number of amidine groups is 2. The van der Waals surface area contributed by atoms with Crippen LogP contribution in [-0.4, -0.2) is 16.2 Å². The molecule has 1 atom stereocenters. The molecular weight excluding hydrogens is 464 g/mol. The molecule has 6 rings (SSSR count). The first-order valence-corrected chi connectivity index (χ1v) is 13.1. The molecular formula is C34H30N4. The second kappa shape index (κ2) is 10.3. The Morgan fingerprint density at radius 2 is 1.42 bits per heavy atom. The van der Waals surface area contributed by atoms with Crippen LogP contribution in [0.3, 0.4) is 0 Å². The Hall–Kier alpha value is -4.70. The van der Waals surface area contributed by atoms with Gasteiger partial charge >= 0.3 is 0 Å². The molecule has 4 aromatic carbocycles. The lowest BCUT2D eigenvalue weighted by molar-refractivity contribution is 0.818. The fraction of sp³-hybridized carbons (Fsp3) is 0.118. The molecule has 4 heteroatoms. The number of aliphatic imine (C=N–C) groups is 2. The molecule has 4 nitrogen and oxygen atoms in total. The summed E-state index contributed by atoms with van der Waals surface area (Å²) in [5.74, 6) is 1.18. The molecule has 0 saturated heterocycles. The molecule has 0 fully saturated rings. The SMILES string of the molecule is CC(/N=C(\N=C(/N)C1=CC=CCC1)c1ccccc1)c1ccc(-n2c3ccccc3c3ccccc32)cc1. The van der Waals surface area contributed by atoms with Crippen LogP contribution in [0.2, 0.25) is 0 Å². The van der Waals surface area contributed by atoms with Gasteiger partial charge in [0.2, 0.25) is 0 Å². The quantitative estimate of drug-likeness (QED) is 0.196. The lowest BCUT2D eigenvalue weighted by Gasteiger charge is -2.13. The van der Waals surface area contributed by atoms with E-state index in [1.165, 1.54) is 21.8 Å². The van der Waals surface area contributed by atoms with Crippen LogP contribution in [0.5, 0.6) is 0 Å². The Kier molecular flexibility index (Phi) is 6.45. The second-order valence-electron chi connectivity index (χ2n) is 9.61. The highest BCUT2D eigenvalue weighted by Crippen LogP contribution is 2.32. The second-order valence-corrected chi connectivity index (χ2v) is 9.61. The van der Waals surface area contributed by atoms with E-state index in [0.717, 1.165) is 35.2 Å². The predicted molar refractivity (Wildman–Crippen MR) is 160 cm³/mol. The van der Waals surface area contributed by atoms with Crippen molar-refractivity contribution in [3.8, 4) is 5.69 Å². The summed E-state index contributed by atoms with van der Waals surface area (Å²) in [6, 6.07) is 35.8. The summed E-state index contributed by atoms with van der Waals surface area (Å²) in [4.78, 5) is 9.84. The lowest BCUT2D eigenvalue weighted by Crippen LogP contribution is -2.18. The molecule has 1 heterocycles. The number of benzene rings is 4. The monoisotopic (exact) mass is 494 g/mol. The molecule has 1 aromatic heterocycles. The molecule has 0 amide bonds. The van der Waals surface area contributed by atoms with Crippen LogP contribution in [-0.2, 0) is 0 Å². The molecule has 0 aliphatic heterocycles. The van der Waals surface area contributed by atoms with E-state index in [4.69, 9.17) is 15.7 Å². The van der Waals surface area contributed by atoms with Gasteiger partial charge in [-0.1, -0.05) is 97.1 Å². The highest BCUT2D eigenvalue weighted by Gasteiger charge is 2.14. The number of para-hydroxylation sites is 2. The molecule has 1 unspecified atom stereocenters. The van der Waals surface area contributed by atoms with Gasteiger partial charge in [0, 0.05) is 22.0 Å². The van der Waals surface area contributed by atoms with Gasteiger partial charge in [0.25, 0.3) is 0 Å². The third-order valence-electron chi connectivity index (χ3n) is 7.13. The summed E-state index contributed by atoms with van der Waals surface area (Å²) >= 11 is 0. The van der Waals surface area contributed by atoms with E-state index in [-0.39, 0.29) is 6.04 Å². The van der Waals surface area contributed by atoms with Crippen molar-refractivity contribution in [2.75, 3.05) is 0 Å². The summed E-state index contributed by atoms with van der Waals surface area (Å²) in [5.41, 5.74) is 13.1. The molecule has 38 heavy (non-hydrogen) atoms. The first-order chi connectivity index (χ1) is 18.7. The summed E-state index contributed by atoms with van der Waals surface area (Å²) < 4.78 is 2.33. The van der Waals surface area contributed by atoms with Gasteiger partial charge in [0.15, 0.2) is 5.84 Å². The van der Waals surface area contributed by atoms with E-state index in [1.54, 1.807) is 0 Å². The fourth-order valence-electron chi connectivity index (χ4n) is 5.12. The van der Waals surface area contributed by atoms with E-state index in [9.17, 15) is 0 Å². The van der Waals surface area contributed by atoms with Crippen molar-refractivity contribution in [1.82, 2.24) is 4.57 Å². The zero-order valence-electron chi connectivity index (χ0n) is 21.5. The van der Waals surface area contributed by atoms with E-state index in [1.807, 2.05) is 42.5 Å². The van der Waals surface area contributed by atoms with Crippen molar-refractivity contribution in [3.05, 3.63) is 138 Å². The van der Waals surface area contributed by atoms with Crippen molar-refractivity contribution < 1.29 is 0 Å². The van der Waals surface area contributed by atoms with Crippen LogP contribution >= 0.6 is 0 Å². The Bertz CT molecular complexity index is 1660. The number of hydrogen-bond acceptors (Lipinski definition) is 1. The summed E-state index contributed by atoms with van der Waals surface area (Å²) in [7, 11) is 0. The van der Waals surface area contributed by atoms with Crippen LogP contribution in [0.15, 0.2) is 137 Å². The minimum Gasteiger partial charge on any atom is -0.383 e. The van der Waals surface area contributed by atoms with Gasteiger partial charge in [0.1, 0.15) is 5.84 Å². The number of allylic oxidation sites excluding steroid dienone is 3. The normalized spacial score (nSPS) is 15.1. The van der Waals surface area contributed by atoms with Crippen molar-refractivity contribution >= 4 is 33.5 Å². The third-order valence-corrected chi connectivity index (χ3v) is 7.13. The Labute approximate surface area is 223 Å². The molecule has 2 N–H and O–H groups in total. The summed E-state index contributed by atoms with van der Waals surface area (Å²) in [5, 5.41) is 2.52. The van der Waals surface area contributed by atoms with Gasteiger partial charge in [-0.2, -0.15) is 0 Å². The van der Waals surface area contributed by atoms with Gasteiger partial charge in [-0.15, -0.1) is 0 Å². The molecule has 1 aliphatic rings. The maximum atomic E-state index is 6.43. The number of nitrogens with two attached hydrogens (primary N) is 1. The average Bonchev–Trinajstić information content (AvgIpc) is 3.32. The van der Waals surface area contributed by atoms with Gasteiger partial charge in [-0.3, -0.25) is 4.99 Å². The standard InChI is InChI=1S/C34H30N4/c1-24(36-34(27-14-6-3-7-15-27)37-33(35)26-12-4-2-5-13-26)25-20-22-28(23-21-25)38-31-18-10-8-16-29(31)30-17-9-11-19-32(30)38/h2-4,6-12,14-24H,5,13H2,1H3,(H2,35,36,37). The van der Waals surface area contributed by atoms with E-state index < -0.39 is 0 Å². The van der Waals surface area contributed by atoms with Crippen molar-refractivity contribution in [2.45, 2.75) is 25.8 Å².